The number of halogens is 3. The van der Waals surface area contributed by atoms with Crippen molar-refractivity contribution in [3.63, 3.8) is 0 Å². The number of imidazole rings is 1. The topological polar surface area (TPSA) is 54.7 Å². The van der Waals surface area contributed by atoms with E-state index in [1.165, 1.54) is 4.31 Å². The number of sulfonamides is 1. The third kappa shape index (κ3) is 3.44. The Labute approximate surface area is 154 Å². The summed E-state index contributed by atoms with van der Waals surface area (Å²) < 4.78 is 67.5. The van der Waals surface area contributed by atoms with Crippen molar-refractivity contribution < 1.29 is 21.6 Å². The monoisotopic (exact) mass is 395 g/mol. The lowest BCUT2D eigenvalue weighted by atomic mass is 10.2. The lowest BCUT2D eigenvalue weighted by Crippen LogP contribution is -2.33. The van der Waals surface area contributed by atoms with Crippen molar-refractivity contribution in [3.05, 3.63) is 66.1 Å². The van der Waals surface area contributed by atoms with E-state index in [9.17, 15) is 21.6 Å². The molecule has 0 N–H and O–H groups in total. The molecule has 3 aromatic rings. The van der Waals surface area contributed by atoms with E-state index in [0.717, 1.165) is 37.1 Å². The molecule has 0 aliphatic heterocycles. The molecule has 1 aliphatic rings. The molecule has 0 atom stereocenters. The highest BCUT2D eigenvalue weighted by molar-refractivity contribution is 7.89. The van der Waals surface area contributed by atoms with Gasteiger partial charge in [-0.05, 0) is 49.2 Å². The van der Waals surface area contributed by atoms with Gasteiger partial charge in [0.1, 0.15) is 5.65 Å². The second kappa shape index (κ2) is 6.35. The maximum absolute atomic E-state index is 13.1. The van der Waals surface area contributed by atoms with E-state index in [1.807, 2.05) is 18.2 Å². The molecule has 0 unspecified atom stereocenters. The molecule has 1 saturated carbocycles. The fraction of sp³-hybridized carbons (Fsp3) is 0.278. The van der Waals surface area contributed by atoms with Gasteiger partial charge in [-0.15, -0.1) is 0 Å². The summed E-state index contributed by atoms with van der Waals surface area (Å²) >= 11 is 0. The van der Waals surface area contributed by atoms with Crippen molar-refractivity contribution in [2.75, 3.05) is 0 Å². The summed E-state index contributed by atoms with van der Waals surface area (Å²) in [6.45, 7) is 0.110. The average Bonchev–Trinajstić information content (AvgIpc) is 3.39. The van der Waals surface area contributed by atoms with Gasteiger partial charge in [-0.3, -0.25) is 0 Å². The van der Waals surface area contributed by atoms with Gasteiger partial charge in [0, 0.05) is 12.2 Å². The molecule has 1 aliphatic carbocycles. The van der Waals surface area contributed by atoms with E-state index < -0.39 is 21.8 Å². The Morgan fingerprint density at radius 2 is 1.81 bits per heavy atom. The Balaban J connectivity index is 1.67. The Kier molecular flexibility index (Phi) is 4.23. The molecule has 0 bridgehead atoms. The number of pyridine rings is 1. The number of alkyl halides is 3. The summed E-state index contributed by atoms with van der Waals surface area (Å²) in [5.74, 6) is 0. The SMILES string of the molecule is O=S(=O)(c1ccc(C(F)(F)F)cc1)N(Cc1cnc2ccccn12)C1CC1. The number of rotatable bonds is 5. The molecule has 0 radical (unpaired) electrons. The van der Waals surface area contributed by atoms with Gasteiger partial charge in [0.2, 0.25) is 10.0 Å². The van der Waals surface area contributed by atoms with Crippen LogP contribution in [0.4, 0.5) is 13.2 Å². The van der Waals surface area contributed by atoms with Crippen molar-refractivity contribution in [3.8, 4) is 0 Å². The van der Waals surface area contributed by atoms with Gasteiger partial charge < -0.3 is 4.40 Å². The number of aromatic nitrogens is 2. The quantitative estimate of drug-likeness (QED) is 0.662. The number of benzene rings is 1. The molecule has 1 aromatic carbocycles. The van der Waals surface area contributed by atoms with Crippen LogP contribution in [0.2, 0.25) is 0 Å². The van der Waals surface area contributed by atoms with Crippen LogP contribution in [0.5, 0.6) is 0 Å². The predicted octanol–water partition coefficient (Wildman–Crippen LogP) is 3.71. The van der Waals surface area contributed by atoms with Crippen molar-refractivity contribution in [2.24, 2.45) is 0 Å². The molecule has 0 spiro atoms. The van der Waals surface area contributed by atoms with E-state index in [0.29, 0.717) is 11.3 Å². The lowest BCUT2D eigenvalue weighted by Gasteiger charge is -2.22. The van der Waals surface area contributed by atoms with Crippen molar-refractivity contribution >= 4 is 15.7 Å². The number of nitrogens with zero attached hydrogens (tertiary/aromatic N) is 3. The highest BCUT2D eigenvalue weighted by Crippen LogP contribution is 2.35. The fourth-order valence-corrected chi connectivity index (χ4v) is 4.64. The lowest BCUT2D eigenvalue weighted by molar-refractivity contribution is -0.137. The smallest absolute Gasteiger partial charge is 0.303 e. The molecule has 1 fully saturated rings. The molecule has 0 amide bonds. The number of hydrogen-bond acceptors (Lipinski definition) is 3. The zero-order valence-corrected chi connectivity index (χ0v) is 14.9. The van der Waals surface area contributed by atoms with Gasteiger partial charge in [0.15, 0.2) is 0 Å². The van der Waals surface area contributed by atoms with Crippen LogP contribution in [0.3, 0.4) is 0 Å². The third-order valence-electron chi connectivity index (χ3n) is 4.55. The Morgan fingerprint density at radius 3 is 2.44 bits per heavy atom. The first-order chi connectivity index (χ1) is 12.8. The van der Waals surface area contributed by atoms with E-state index in [4.69, 9.17) is 0 Å². The zero-order valence-electron chi connectivity index (χ0n) is 14.1. The van der Waals surface area contributed by atoms with Crippen LogP contribution in [-0.2, 0) is 22.7 Å². The maximum atomic E-state index is 13.1. The van der Waals surface area contributed by atoms with Crippen LogP contribution < -0.4 is 0 Å². The molecule has 2 heterocycles. The average molecular weight is 395 g/mol. The molecule has 142 valence electrons. The van der Waals surface area contributed by atoms with Gasteiger partial charge in [0.25, 0.3) is 0 Å². The minimum absolute atomic E-state index is 0.110. The number of hydrogen-bond donors (Lipinski definition) is 0. The largest absolute Gasteiger partial charge is 0.416 e. The standard InChI is InChI=1S/C18H16F3N3O2S/c19-18(20,21)13-4-8-16(9-5-13)27(25,26)24(14-6-7-14)12-15-11-22-17-3-1-2-10-23(15)17/h1-5,8-11,14H,6-7,12H2. The summed E-state index contributed by atoms with van der Waals surface area (Å²) in [6, 6.07) is 8.96. The first-order valence-electron chi connectivity index (χ1n) is 8.37. The van der Waals surface area contributed by atoms with Crippen LogP contribution in [-0.4, -0.2) is 28.1 Å². The molecule has 27 heavy (non-hydrogen) atoms. The molecule has 0 saturated heterocycles. The Hall–Kier alpha value is -2.39. The summed E-state index contributed by atoms with van der Waals surface area (Å²) in [6.07, 6.45) is 0.378. The van der Waals surface area contributed by atoms with Crippen LogP contribution in [0, 0.1) is 0 Å². The van der Waals surface area contributed by atoms with Crippen molar-refractivity contribution in [2.45, 2.75) is 36.5 Å². The molecule has 4 rings (SSSR count). The van der Waals surface area contributed by atoms with Gasteiger partial charge in [-0.25, -0.2) is 13.4 Å². The summed E-state index contributed by atoms with van der Waals surface area (Å²) in [5.41, 5.74) is 0.532. The zero-order chi connectivity index (χ0) is 19.2. The van der Waals surface area contributed by atoms with Crippen LogP contribution >= 0.6 is 0 Å². The van der Waals surface area contributed by atoms with E-state index >= 15 is 0 Å². The van der Waals surface area contributed by atoms with Gasteiger partial charge in [-0.2, -0.15) is 17.5 Å². The minimum Gasteiger partial charge on any atom is -0.303 e. The fourth-order valence-electron chi connectivity index (χ4n) is 2.99. The van der Waals surface area contributed by atoms with Crippen molar-refractivity contribution in [1.82, 2.24) is 13.7 Å². The van der Waals surface area contributed by atoms with Gasteiger partial charge >= 0.3 is 6.18 Å². The minimum atomic E-state index is -4.50. The normalized spacial score (nSPS) is 15.6. The molecular formula is C18H16F3N3O2S. The Bertz CT molecular complexity index is 1070. The summed E-state index contributed by atoms with van der Waals surface area (Å²) in [5, 5.41) is 0. The second-order valence-corrected chi connectivity index (χ2v) is 8.37. The van der Waals surface area contributed by atoms with Crippen LogP contribution in [0.15, 0.2) is 59.8 Å². The first-order valence-corrected chi connectivity index (χ1v) is 9.81. The van der Waals surface area contributed by atoms with Crippen molar-refractivity contribution in [1.29, 1.82) is 0 Å². The third-order valence-corrected chi connectivity index (χ3v) is 6.47. The van der Waals surface area contributed by atoms with E-state index in [-0.39, 0.29) is 17.5 Å². The highest BCUT2D eigenvalue weighted by Gasteiger charge is 2.39. The molecule has 9 heteroatoms. The molecule has 2 aromatic heterocycles. The highest BCUT2D eigenvalue weighted by atomic mass is 32.2. The Morgan fingerprint density at radius 1 is 1.11 bits per heavy atom. The molecular weight excluding hydrogens is 379 g/mol. The van der Waals surface area contributed by atoms with E-state index in [1.54, 1.807) is 16.8 Å². The molecule has 5 nitrogen and oxygen atoms in total. The van der Waals surface area contributed by atoms with Gasteiger partial charge in [-0.1, -0.05) is 6.07 Å². The number of fused-ring (bicyclic) bond motifs is 1. The van der Waals surface area contributed by atoms with Gasteiger partial charge in [0.05, 0.1) is 28.9 Å². The van der Waals surface area contributed by atoms with E-state index in [2.05, 4.69) is 4.98 Å². The predicted molar refractivity (Wildman–Crippen MR) is 92.4 cm³/mol. The summed E-state index contributed by atoms with van der Waals surface area (Å²) in [4.78, 5) is 4.12. The van der Waals surface area contributed by atoms with Crippen LogP contribution in [0.25, 0.3) is 5.65 Å². The maximum Gasteiger partial charge on any atom is 0.416 e. The van der Waals surface area contributed by atoms with Crippen LogP contribution in [0.1, 0.15) is 24.1 Å². The first kappa shape index (κ1) is 18.0. The summed E-state index contributed by atoms with van der Waals surface area (Å²) in [7, 11) is -3.92. The second-order valence-electron chi connectivity index (χ2n) is 6.48.